The second-order valence-corrected chi connectivity index (χ2v) is 6.72. The molecule has 0 saturated heterocycles. The average Bonchev–Trinajstić information content (AvgIpc) is 3.17. The van der Waals surface area contributed by atoms with E-state index in [0.29, 0.717) is 5.92 Å². The van der Waals surface area contributed by atoms with Crippen LogP contribution in [-0.2, 0) is 0 Å². The SMILES string of the molecule is Cc1cc2ncc(-c3ccccc3)nc2c2c1C1CCC2C1. The van der Waals surface area contributed by atoms with E-state index in [1.54, 1.807) is 5.56 Å². The van der Waals surface area contributed by atoms with Crippen LogP contribution in [0.15, 0.2) is 42.6 Å². The lowest BCUT2D eigenvalue weighted by atomic mass is 9.87. The fourth-order valence-electron chi connectivity index (χ4n) is 4.53. The van der Waals surface area contributed by atoms with Crippen LogP contribution in [0, 0.1) is 6.92 Å². The second-order valence-electron chi connectivity index (χ2n) is 6.72. The summed E-state index contributed by atoms with van der Waals surface area (Å²) in [5, 5.41) is 0. The Morgan fingerprint density at radius 3 is 2.59 bits per heavy atom. The minimum atomic E-state index is 0.711. The zero-order valence-corrected chi connectivity index (χ0v) is 12.7. The summed E-state index contributed by atoms with van der Waals surface area (Å²) in [7, 11) is 0. The van der Waals surface area contributed by atoms with Crippen molar-refractivity contribution in [3.8, 4) is 11.3 Å². The standard InChI is InChI=1S/C20H18N2/c1-12-9-16-20(19-15-8-7-14(10-15)18(12)19)22-17(11-21-16)13-5-3-2-4-6-13/h2-6,9,11,14-15H,7-8,10H2,1H3. The Morgan fingerprint density at radius 1 is 1.00 bits per heavy atom. The topological polar surface area (TPSA) is 25.8 Å². The summed E-state index contributed by atoms with van der Waals surface area (Å²) in [6, 6.07) is 12.6. The van der Waals surface area contributed by atoms with Gasteiger partial charge in [-0.25, -0.2) is 4.98 Å². The van der Waals surface area contributed by atoms with Crippen molar-refractivity contribution in [2.24, 2.45) is 0 Å². The van der Waals surface area contributed by atoms with E-state index in [0.717, 1.165) is 28.2 Å². The molecule has 2 unspecified atom stereocenters. The van der Waals surface area contributed by atoms with E-state index in [-0.39, 0.29) is 0 Å². The Labute approximate surface area is 130 Å². The van der Waals surface area contributed by atoms with Crippen molar-refractivity contribution >= 4 is 11.0 Å². The van der Waals surface area contributed by atoms with Crippen molar-refractivity contribution < 1.29 is 0 Å². The van der Waals surface area contributed by atoms with E-state index in [4.69, 9.17) is 9.97 Å². The Bertz CT molecular complexity index is 883. The molecule has 1 heterocycles. The lowest BCUT2D eigenvalue weighted by molar-refractivity contribution is 0.716. The smallest absolute Gasteiger partial charge is 0.0932 e. The molecule has 0 N–H and O–H groups in total. The summed E-state index contributed by atoms with van der Waals surface area (Å²) < 4.78 is 0. The molecule has 2 nitrogen and oxygen atoms in total. The molecule has 2 atom stereocenters. The van der Waals surface area contributed by atoms with Gasteiger partial charge in [-0.3, -0.25) is 4.98 Å². The number of hydrogen-bond acceptors (Lipinski definition) is 2. The molecule has 1 fully saturated rings. The third kappa shape index (κ3) is 1.61. The van der Waals surface area contributed by atoms with Gasteiger partial charge < -0.3 is 0 Å². The maximum atomic E-state index is 5.01. The highest BCUT2D eigenvalue weighted by Crippen LogP contribution is 2.55. The molecule has 2 aliphatic carbocycles. The van der Waals surface area contributed by atoms with Gasteiger partial charge in [0, 0.05) is 5.56 Å². The number of nitrogens with zero attached hydrogens (tertiary/aromatic N) is 2. The maximum Gasteiger partial charge on any atom is 0.0932 e. The Kier molecular flexibility index (Phi) is 2.46. The number of rotatable bonds is 1. The third-order valence-electron chi connectivity index (χ3n) is 5.44. The van der Waals surface area contributed by atoms with E-state index in [1.807, 2.05) is 12.3 Å². The van der Waals surface area contributed by atoms with Gasteiger partial charge in [-0.1, -0.05) is 30.3 Å². The summed E-state index contributed by atoms with van der Waals surface area (Å²) in [6.45, 7) is 2.24. The molecule has 0 aliphatic heterocycles. The Morgan fingerprint density at radius 2 is 1.77 bits per heavy atom. The van der Waals surface area contributed by atoms with Gasteiger partial charge in [0.25, 0.3) is 0 Å². The van der Waals surface area contributed by atoms with Gasteiger partial charge in [0.05, 0.1) is 22.9 Å². The first-order chi connectivity index (χ1) is 10.8. The van der Waals surface area contributed by atoms with Crippen molar-refractivity contribution in [1.82, 2.24) is 9.97 Å². The van der Waals surface area contributed by atoms with Crippen LogP contribution >= 0.6 is 0 Å². The van der Waals surface area contributed by atoms with Crippen molar-refractivity contribution in [2.75, 3.05) is 0 Å². The molecular formula is C20H18N2. The highest BCUT2D eigenvalue weighted by Gasteiger charge is 2.39. The number of benzene rings is 2. The lowest BCUT2D eigenvalue weighted by Crippen LogP contribution is -2.04. The van der Waals surface area contributed by atoms with Crippen LogP contribution in [0.1, 0.15) is 47.8 Å². The van der Waals surface area contributed by atoms with E-state index in [1.165, 1.54) is 30.4 Å². The quantitative estimate of drug-likeness (QED) is 0.631. The molecule has 2 aromatic carbocycles. The van der Waals surface area contributed by atoms with Crippen molar-refractivity contribution in [3.05, 3.63) is 59.3 Å². The molecule has 0 amide bonds. The van der Waals surface area contributed by atoms with Crippen molar-refractivity contribution in [2.45, 2.75) is 38.0 Å². The molecule has 1 aromatic heterocycles. The number of hydrogen-bond donors (Lipinski definition) is 0. The molecule has 1 saturated carbocycles. The maximum absolute atomic E-state index is 5.01. The zero-order valence-electron chi connectivity index (χ0n) is 12.7. The summed E-state index contributed by atoms with van der Waals surface area (Å²) in [6.07, 6.45) is 5.92. The first-order valence-electron chi connectivity index (χ1n) is 8.17. The number of aryl methyl sites for hydroxylation is 1. The molecule has 2 aliphatic rings. The van der Waals surface area contributed by atoms with Crippen molar-refractivity contribution in [3.63, 3.8) is 0 Å². The minimum Gasteiger partial charge on any atom is -0.252 e. The van der Waals surface area contributed by atoms with Crippen LogP contribution in [0.5, 0.6) is 0 Å². The predicted molar refractivity (Wildman–Crippen MR) is 89.0 cm³/mol. The zero-order chi connectivity index (χ0) is 14.7. The fourth-order valence-corrected chi connectivity index (χ4v) is 4.53. The predicted octanol–water partition coefficient (Wildman–Crippen LogP) is 4.97. The third-order valence-corrected chi connectivity index (χ3v) is 5.44. The first-order valence-corrected chi connectivity index (χ1v) is 8.17. The lowest BCUT2D eigenvalue weighted by Gasteiger charge is -2.19. The van der Waals surface area contributed by atoms with Gasteiger partial charge in [0.2, 0.25) is 0 Å². The fraction of sp³-hybridized carbons (Fsp3) is 0.300. The Balaban J connectivity index is 1.80. The number of fused-ring (bicyclic) bond motifs is 7. The van der Waals surface area contributed by atoms with Crippen LogP contribution in [0.25, 0.3) is 22.3 Å². The average molecular weight is 286 g/mol. The molecule has 0 spiro atoms. The molecular weight excluding hydrogens is 268 g/mol. The normalized spacial score (nSPS) is 22.2. The van der Waals surface area contributed by atoms with Crippen LogP contribution in [0.3, 0.4) is 0 Å². The second kappa shape index (κ2) is 4.39. The molecule has 22 heavy (non-hydrogen) atoms. The van der Waals surface area contributed by atoms with E-state index in [9.17, 15) is 0 Å². The van der Waals surface area contributed by atoms with Gasteiger partial charge in [0.15, 0.2) is 0 Å². The van der Waals surface area contributed by atoms with E-state index < -0.39 is 0 Å². The van der Waals surface area contributed by atoms with E-state index >= 15 is 0 Å². The van der Waals surface area contributed by atoms with E-state index in [2.05, 4.69) is 37.3 Å². The number of aromatic nitrogens is 2. The van der Waals surface area contributed by atoms with Crippen LogP contribution in [0.4, 0.5) is 0 Å². The Hall–Kier alpha value is -2.22. The summed E-state index contributed by atoms with van der Waals surface area (Å²) >= 11 is 0. The van der Waals surface area contributed by atoms with Gasteiger partial charge in [-0.05, 0) is 60.8 Å². The van der Waals surface area contributed by atoms with Crippen LogP contribution < -0.4 is 0 Å². The highest BCUT2D eigenvalue weighted by atomic mass is 14.8. The largest absolute Gasteiger partial charge is 0.252 e. The van der Waals surface area contributed by atoms with Gasteiger partial charge >= 0.3 is 0 Å². The molecule has 2 heteroatoms. The molecule has 0 radical (unpaired) electrons. The summed E-state index contributed by atoms with van der Waals surface area (Å²) in [5.41, 5.74) is 8.85. The molecule has 108 valence electrons. The van der Waals surface area contributed by atoms with Crippen LogP contribution in [-0.4, -0.2) is 9.97 Å². The highest BCUT2D eigenvalue weighted by molar-refractivity contribution is 5.84. The summed E-state index contributed by atoms with van der Waals surface area (Å²) in [4.78, 5) is 9.73. The molecule has 3 aromatic rings. The van der Waals surface area contributed by atoms with Gasteiger partial charge in [-0.15, -0.1) is 0 Å². The summed E-state index contributed by atoms with van der Waals surface area (Å²) in [5.74, 6) is 1.48. The van der Waals surface area contributed by atoms with Gasteiger partial charge in [-0.2, -0.15) is 0 Å². The van der Waals surface area contributed by atoms with Crippen LogP contribution in [0.2, 0.25) is 0 Å². The molecule has 2 bridgehead atoms. The minimum absolute atomic E-state index is 0.711. The monoisotopic (exact) mass is 286 g/mol. The van der Waals surface area contributed by atoms with Gasteiger partial charge in [0.1, 0.15) is 0 Å². The van der Waals surface area contributed by atoms with Crippen molar-refractivity contribution in [1.29, 1.82) is 0 Å². The molecule has 5 rings (SSSR count). The first kappa shape index (κ1) is 12.3.